The molecule has 0 saturated carbocycles. The van der Waals surface area contributed by atoms with E-state index >= 15 is 0 Å². The normalized spacial score (nSPS) is 19.6. The number of benzene rings is 1. The molecule has 98 valence electrons. The number of nitrogens with zero attached hydrogens (tertiary/aromatic N) is 1. The lowest BCUT2D eigenvalue weighted by Crippen LogP contribution is -2.55. The van der Waals surface area contributed by atoms with Crippen LogP contribution in [0.2, 0.25) is 0 Å². The van der Waals surface area contributed by atoms with E-state index in [1.807, 2.05) is 0 Å². The Balaban J connectivity index is 1.92. The first-order valence-electron chi connectivity index (χ1n) is 6.10. The summed E-state index contributed by atoms with van der Waals surface area (Å²) in [6, 6.07) is 6.06. The molecule has 0 bridgehead atoms. The number of hydrogen-bond acceptors (Lipinski definition) is 3. The van der Waals surface area contributed by atoms with Gasteiger partial charge in [0.2, 0.25) is 5.91 Å². The highest BCUT2D eigenvalue weighted by molar-refractivity contribution is 5.82. The van der Waals surface area contributed by atoms with E-state index in [1.165, 1.54) is 12.1 Å². The average Bonchev–Trinajstić information content (AvgIpc) is 2.41. The Morgan fingerprint density at radius 2 is 2.11 bits per heavy atom. The van der Waals surface area contributed by atoms with Crippen LogP contribution in [-0.2, 0) is 11.3 Å². The highest BCUT2D eigenvalue weighted by atomic mass is 19.1. The van der Waals surface area contributed by atoms with Crippen molar-refractivity contribution in [3.05, 3.63) is 35.6 Å². The molecule has 1 aliphatic rings. The third-order valence-electron chi connectivity index (χ3n) is 3.05. The number of likely N-dealkylation sites (N-methyl/N-ethyl adjacent to an activating group) is 1. The molecule has 2 rings (SSSR count). The van der Waals surface area contributed by atoms with Crippen LogP contribution in [0.1, 0.15) is 5.56 Å². The maximum atomic E-state index is 12.8. The van der Waals surface area contributed by atoms with E-state index in [0.717, 1.165) is 18.7 Å². The van der Waals surface area contributed by atoms with E-state index in [1.54, 1.807) is 24.1 Å². The number of rotatable bonds is 3. The van der Waals surface area contributed by atoms with Gasteiger partial charge in [-0.15, -0.1) is 0 Å². The number of carbonyl (C=O) groups is 1. The topological polar surface area (TPSA) is 44.4 Å². The number of carbonyl (C=O) groups excluding carboxylic acids is 1. The van der Waals surface area contributed by atoms with Crippen LogP contribution >= 0.6 is 0 Å². The zero-order valence-corrected chi connectivity index (χ0v) is 10.4. The average molecular weight is 251 g/mol. The van der Waals surface area contributed by atoms with Gasteiger partial charge in [0.05, 0.1) is 6.04 Å². The monoisotopic (exact) mass is 251 g/mol. The molecule has 1 saturated heterocycles. The molecule has 1 heterocycles. The van der Waals surface area contributed by atoms with Gasteiger partial charge in [0.25, 0.3) is 0 Å². The first-order chi connectivity index (χ1) is 8.66. The van der Waals surface area contributed by atoms with Crippen LogP contribution < -0.4 is 10.6 Å². The summed E-state index contributed by atoms with van der Waals surface area (Å²) in [7, 11) is 1.77. The predicted molar refractivity (Wildman–Crippen MR) is 67.5 cm³/mol. The second-order valence-corrected chi connectivity index (χ2v) is 4.53. The molecule has 4 nitrogen and oxygen atoms in total. The minimum atomic E-state index is -0.258. The van der Waals surface area contributed by atoms with Crippen molar-refractivity contribution < 1.29 is 9.18 Å². The summed E-state index contributed by atoms with van der Waals surface area (Å²) < 4.78 is 12.8. The van der Waals surface area contributed by atoms with Gasteiger partial charge in [0.1, 0.15) is 5.82 Å². The van der Waals surface area contributed by atoms with E-state index in [2.05, 4.69) is 10.6 Å². The fourth-order valence-corrected chi connectivity index (χ4v) is 2.04. The summed E-state index contributed by atoms with van der Waals surface area (Å²) in [5, 5.41) is 6.36. The SMILES string of the molecule is CN(Cc1ccc(F)cc1)C(=O)C1CNCCN1. The Kier molecular flexibility index (Phi) is 4.28. The number of hydrogen-bond donors (Lipinski definition) is 2. The largest absolute Gasteiger partial charge is 0.340 e. The number of halogens is 1. The van der Waals surface area contributed by atoms with Crippen LogP contribution in [0.25, 0.3) is 0 Å². The third-order valence-corrected chi connectivity index (χ3v) is 3.05. The molecular weight excluding hydrogens is 233 g/mol. The second kappa shape index (κ2) is 5.93. The summed E-state index contributed by atoms with van der Waals surface area (Å²) in [5.41, 5.74) is 0.927. The molecule has 1 aromatic carbocycles. The quantitative estimate of drug-likeness (QED) is 0.814. The first kappa shape index (κ1) is 13.0. The molecule has 1 atom stereocenters. The van der Waals surface area contributed by atoms with Crippen LogP contribution in [0.5, 0.6) is 0 Å². The van der Waals surface area contributed by atoms with E-state index in [4.69, 9.17) is 0 Å². The van der Waals surface area contributed by atoms with Gasteiger partial charge in [-0.2, -0.15) is 0 Å². The molecule has 0 aliphatic carbocycles. The molecule has 1 fully saturated rings. The molecule has 0 radical (unpaired) electrons. The number of piperazine rings is 1. The molecule has 1 amide bonds. The Bertz CT molecular complexity index is 401. The smallest absolute Gasteiger partial charge is 0.241 e. The molecule has 1 aliphatic heterocycles. The van der Waals surface area contributed by atoms with Crippen molar-refractivity contribution in [1.82, 2.24) is 15.5 Å². The van der Waals surface area contributed by atoms with Crippen molar-refractivity contribution in [1.29, 1.82) is 0 Å². The van der Waals surface area contributed by atoms with Gasteiger partial charge in [-0.3, -0.25) is 4.79 Å². The summed E-state index contributed by atoms with van der Waals surface area (Å²) in [6.45, 7) is 2.86. The van der Waals surface area contributed by atoms with E-state index in [9.17, 15) is 9.18 Å². The van der Waals surface area contributed by atoms with Crippen molar-refractivity contribution in [3.63, 3.8) is 0 Å². The fraction of sp³-hybridized carbons (Fsp3) is 0.462. The van der Waals surface area contributed by atoms with E-state index < -0.39 is 0 Å². The van der Waals surface area contributed by atoms with E-state index in [-0.39, 0.29) is 17.8 Å². The third kappa shape index (κ3) is 3.27. The molecular formula is C13H18FN3O. The Labute approximate surface area is 106 Å². The van der Waals surface area contributed by atoms with Gasteiger partial charge < -0.3 is 15.5 Å². The van der Waals surface area contributed by atoms with Crippen molar-refractivity contribution in [2.75, 3.05) is 26.7 Å². The zero-order chi connectivity index (χ0) is 13.0. The molecule has 5 heteroatoms. The van der Waals surface area contributed by atoms with Gasteiger partial charge in [0.15, 0.2) is 0 Å². The highest BCUT2D eigenvalue weighted by Gasteiger charge is 2.23. The summed E-state index contributed by atoms with van der Waals surface area (Å²) in [5.74, 6) is -0.197. The summed E-state index contributed by atoms with van der Waals surface area (Å²) in [4.78, 5) is 13.8. The molecule has 0 aromatic heterocycles. The number of nitrogens with one attached hydrogen (secondary N) is 2. The van der Waals surface area contributed by atoms with Crippen molar-refractivity contribution >= 4 is 5.91 Å². The second-order valence-electron chi connectivity index (χ2n) is 4.53. The summed E-state index contributed by atoms with van der Waals surface area (Å²) in [6.07, 6.45) is 0. The first-order valence-corrected chi connectivity index (χ1v) is 6.10. The van der Waals surface area contributed by atoms with Crippen molar-refractivity contribution in [2.45, 2.75) is 12.6 Å². The van der Waals surface area contributed by atoms with Crippen molar-refractivity contribution in [2.24, 2.45) is 0 Å². The lowest BCUT2D eigenvalue weighted by atomic mass is 10.1. The Morgan fingerprint density at radius 3 is 2.72 bits per heavy atom. The summed E-state index contributed by atoms with van der Waals surface area (Å²) >= 11 is 0. The Morgan fingerprint density at radius 1 is 1.39 bits per heavy atom. The standard InChI is InChI=1S/C13H18FN3O/c1-17(9-10-2-4-11(14)5-3-10)13(18)12-8-15-6-7-16-12/h2-5,12,15-16H,6-9H2,1H3. The molecule has 1 aromatic rings. The predicted octanol–water partition coefficient (Wildman–Crippen LogP) is 0.346. The van der Waals surface area contributed by atoms with Crippen LogP contribution in [-0.4, -0.2) is 43.5 Å². The molecule has 1 unspecified atom stereocenters. The molecule has 0 spiro atoms. The van der Waals surface area contributed by atoms with Gasteiger partial charge in [-0.25, -0.2) is 4.39 Å². The van der Waals surface area contributed by atoms with Crippen LogP contribution in [0.4, 0.5) is 4.39 Å². The van der Waals surface area contributed by atoms with Crippen molar-refractivity contribution in [3.8, 4) is 0 Å². The maximum absolute atomic E-state index is 12.8. The zero-order valence-electron chi connectivity index (χ0n) is 10.4. The minimum absolute atomic E-state index is 0.0616. The molecule has 18 heavy (non-hydrogen) atoms. The Hall–Kier alpha value is -1.46. The van der Waals surface area contributed by atoms with Crippen LogP contribution in [0.15, 0.2) is 24.3 Å². The fourth-order valence-electron chi connectivity index (χ4n) is 2.04. The lowest BCUT2D eigenvalue weighted by molar-refractivity contribution is -0.132. The van der Waals surface area contributed by atoms with Crippen LogP contribution in [0, 0.1) is 5.82 Å². The lowest BCUT2D eigenvalue weighted by Gasteiger charge is -2.28. The van der Waals surface area contributed by atoms with Crippen LogP contribution in [0.3, 0.4) is 0 Å². The maximum Gasteiger partial charge on any atom is 0.241 e. The highest BCUT2D eigenvalue weighted by Crippen LogP contribution is 2.06. The van der Waals surface area contributed by atoms with Gasteiger partial charge in [-0.1, -0.05) is 12.1 Å². The van der Waals surface area contributed by atoms with E-state index in [0.29, 0.717) is 13.1 Å². The number of amides is 1. The van der Waals surface area contributed by atoms with Gasteiger partial charge in [-0.05, 0) is 17.7 Å². The van der Waals surface area contributed by atoms with Gasteiger partial charge in [0, 0.05) is 33.2 Å². The molecule has 2 N–H and O–H groups in total. The minimum Gasteiger partial charge on any atom is -0.340 e. The van der Waals surface area contributed by atoms with Gasteiger partial charge >= 0.3 is 0 Å².